The molecule has 5 aromatic carbocycles. The lowest BCUT2D eigenvalue weighted by Gasteiger charge is -2.22. The van der Waals surface area contributed by atoms with Gasteiger partial charge in [0.05, 0.1) is 5.69 Å². The third kappa shape index (κ3) is 4.65. The molecular weight excluding hydrogens is 410 g/mol. The van der Waals surface area contributed by atoms with Gasteiger partial charge in [-0.05, 0) is 48.1 Å². The van der Waals surface area contributed by atoms with Crippen LogP contribution in [0.15, 0.2) is 121 Å². The Hall–Kier alpha value is -4.10. The van der Waals surface area contributed by atoms with Crippen molar-refractivity contribution in [2.45, 2.75) is 20.3 Å². The van der Waals surface area contributed by atoms with Gasteiger partial charge in [0.15, 0.2) is 0 Å². The fraction of sp³-hybridized carbons (Fsp3) is 0.0909. The summed E-state index contributed by atoms with van der Waals surface area (Å²) < 4.78 is 0. The maximum absolute atomic E-state index is 3.92. The molecule has 5 rings (SSSR count). The molecule has 0 unspecified atom stereocenters. The molecular formula is C33H29N. The van der Waals surface area contributed by atoms with E-state index in [0.717, 1.165) is 12.1 Å². The average Bonchev–Trinajstić information content (AvgIpc) is 2.88. The molecule has 0 atom stereocenters. The minimum absolute atomic E-state index is 0.889. The van der Waals surface area contributed by atoms with Crippen molar-refractivity contribution < 1.29 is 0 Å². The highest BCUT2D eigenvalue weighted by Gasteiger charge is 2.16. The van der Waals surface area contributed by atoms with E-state index in [0.29, 0.717) is 0 Å². The van der Waals surface area contributed by atoms with Crippen LogP contribution in [0.2, 0.25) is 0 Å². The van der Waals surface area contributed by atoms with Crippen molar-refractivity contribution in [3.63, 3.8) is 0 Å². The Labute approximate surface area is 202 Å². The van der Waals surface area contributed by atoms with Gasteiger partial charge in [-0.1, -0.05) is 127 Å². The molecule has 0 amide bonds. The largest absolute Gasteiger partial charge is 0.354 e. The van der Waals surface area contributed by atoms with Gasteiger partial charge in [-0.15, -0.1) is 0 Å². The molecule has 1 heteroatoms. The Morgan fingerprint density at radius 1 is 0.529 bits per heavy atom. The molecule has 0 bridgehead atoms. The van der Waals surface area contributed by atoms with Gasteiger partial charge in [0.2, 0.25) is 0 Å². The molecule has 0 saturated carbocycles. The first-order valence-corrected chi connectivity index (χ1v) is 11.8. The van der Waals surface area contributed by atoms with Crippen molar-refractivity contribution in [1.82, 2.24) is 0 Å². The molecule has 0 fully saturated rings. The Morgan fingerprint density at radius 2 is 1.06 bits per heavy atom. The third-order valence-electron chi connectivity index (χ3n) is 6.28. The molecule has 5 aromatic rings. The summed E-state index contributed by atoms with van der Waals surface area (Å²) in [4.78, 5) is 0. The topological polar surface area (TPSA) is 12.0 Å². The Kier molecular flexibility index (Phi) is 6.27. The Bertz CT molecular complexity index is 1330. The highest BCUT2D eigenvalue weighted by molar-refractivity contribution is 5.93. The normalized spacial score (nSPS) is 10.8. The molecule has 0 saturated heterocycles. The van der Waals surface area contributed by atoms with Crippen LogP contribution in [0.4, 0.5) is 11.4 Å². The first-order chi connectivity index (χ1) is 16.7. The molecule has 0 aromatic heterocycles. The number of hydrogen-bond donors (Lipinski definition) is 1. The van der Waals surface area contributed by atoms with Crippen LogP contribution in [0, 0.1) is 13.8 Å². The molecule has 166 valence electrons. The monoisotopic (exact) mass is 439 g/mol. The summed E-state index contributed by atoms with van der Waals surface area (Å²) in [5, 5.41) is 3.92. The Balaban J connectivity index is 1.68. The highest BCUT2D eigenvalue weighted by Crippen LogP contribution is 2.40. The number of benzene rings is 5. The smallest absolute Gasteiger partial charge is 0.0543 e. The second kappa shape index (κ2) is 9.80. The van der Waals surface area contributed by atoms with Crippen molar-refractivity contribution in [2.75, 3.05) is 5.32 Å². The number of rotatable bonds is 6. The van der Waals surface area contributed by atoms with Gasteiger partial charge < -0.3 is 5.32 Å². The van der Waals surface area contributed by atoms with E-state index >= 15 is 0 Å². The van der Waals surface area contributed by atoms with Gasteiger partial charge in [0, 0.05) is 16.8 Å². The number of para-hydroxylation sites is 1. The SMILES string of the molecule is Cc1cc(C)c(Nc2c(-c3ccccc3)cccc2-c2ccccc2)c(Cc2ccccc2)c1. The molecule has 0 spiro atoms. The maximum Gasteiger partial charge on any atom is 0.0543 e. The van der Waals surface area contributed by atoms with Crippen LogP contribution in [0.5, 0.6) is 0 Å². The van der Waals surface area contributed by atoms with Crippen LogP contribution in [-0.4, -0.2) is 0 Å². The molecule has 0 aliphatic rings. The summed E-state index contributed by atoms with van der Waals surface area (Å²) in [6, 6.07) is 43.2. The zero-order valence-corrected chi connectivity index (χ0v) is 19.8. The lowest BCUT2D eigenvalue weighted by atomic mass is 9.94. The molecule has 0 aliphatic carbocycles. The zero-order valence-electron chi connectivity index (χ0n) is 19.8. The van der Waals surface area contributed by atoms with Gasteiger partial charge in [-0.3, -0.25) is 0 Å². The summed E-state index contributed by atoms with van der Waals surface area (Å²) >= 11 is 0. The first-order valence-electron chi connectivity index (χ1n) is 11.8. The van der Waals surface area contributed by atoms with E-state index in [2.05, 4.69) is 140 Å². The number of aryl methyl sites for hydroxylation is 2. The van der Waals surface area contributed by atoms with Gasteiger partial charge >= 0.3 is 0 Å². The summed E-state index contributed by atoms with van der Waals surface area (Å²) in [5.41, 5.74) is 12.3. The zero-order chi connectivity index (χ0) is 23.3. The van der Waals surface area contributed by atoms with Crippen molar-refractivity contribution in [3.05, 3.63) is 144 Å². The van der Waals surface area contributed by atoms with Crippen LogP contribution in [0.25, 0.3) is 22.3 Å². The molecule has 1 N–H and O–H groups in total. The average molecular weight is 440 g/mol. The second-order valence-electron chi connectivity index (χ2n) is 8.86. The van der Waals surface area contributed by atoms with Crippen molar-refractivity contribution in [2.24, 2.45) is 0 Å². The summed E-state index contributed by atoms with van der Waals surface area (Å²) in [5.74, 6) is 0. The summed E-state index contributed by atoms with van der Waals surface area (Å²) in [6.45, 7) is 4.38. The van der Waals surface area contributed by atoms with Gasteiger partial charge in [0.25, 0.3) is 0 Å². The van der Waals surface area contributed by atoms with Crippen molar-refractivity contribution in [3.8, 4) is 22.3 Å². The number of hydrogen-bond acceptors (Lipinski definition) is 1. The van der Waals surface area contributed by atoms with Gasteiger partial charge in [-0.25, -0.2) is 0 Å². The van der Waals surface area contributed by atoms with Crippen LogP contribution in [-0.2, 0) is 6.42 Å². The van der Waals surface area contributed by atoms with Crippen molar-refractivity contribution in [1.29, 1.82) is 0 Å². The predicted octanol–water partition coefficient (Wildman–Crippen LogP) is 8.97. The first kappa shape index (κ1) is 21.7. The maximum atomic E-state index is 3.92. The van der Waals surface area contributed by atoms with Crippen LogP contribution < -0.4 is 5.32 Å². The molecule has 0 heterocycles. The van der Waals surface area contributed by atoms with E-state index in [1.54, 1.807) is 0 Å². The van der Waals surface area contributed by atoms with E-state index < -0.39 is 0 Å². The van der Waals surface area contributed by atoms with E-state index in [9.17, 15) is 0 Å². The summed E-state index contributed by atoms with van der Waals surface area (Å²) in [6.07, 6.45) is 0.889. The van der Waals surface area contributed by atoms with Crippen molar-refractivity contribution >= 4 is 11.4 Å². The minimum Gasteiger partial charge on any atom is -0.354 e. The molecule has 1 nitrogen and oxygen atoms in total. The third-order valence-corrected chi connectivity index (χ3v) is 6.28. The van der Waals surface area contributed by atoms with E-state index in [4.69, 9.17) is 0 Å². The molecule has 0 radical (unpaired) electrons. The molecule has 34 heavy (non-hydrogen) atoms. The molecule has 0 aliphatic heterocycles. The standard InChI is InChI=1S/C33H29N/c1-24-21-25(2)32(29(22-24)23-26-13-6-3-7-14-26)34-33-30(27-15-8-4-9-16-27)19-12-20-31(33)28-17-10-5-11-18-28/h3-22,34H,23H2,1-2H3. The van der Waals surface area contributed by atoms with Gasteiger partial charge in [-0.2, -0.15) is 0 Å². The minimum atomic E-state index is 0.889. The Morgan fingerprint density at radius 3 is 1.62 bits per heavy atom. The van der Waals surface area contributed by atoms with Crippen LogP contribution >= 0.6 is 0 Å². The lowest BCUT2D eigenvalue weighted by Crippen LogP contribution is -2.03. The number of nitrogens with one attached hydrogen (secondary N) is 1. The van der Waals surface area contributed by atoms with E-state index in [1.165, 1.54) is 50.2 Å². The highest BCUT2D eigenvalue weighted by atomic mass is 14.9. The summed E-state index contributed by atoms with van der Waals surface area (Å²) in [7, 11) is 0. The fourth-order valence-electron chi connectivity index (χ4n) is 4.72. The van der Waals surface area contributed by atoms with E-state index in [-0.39, 0.29) is 0 Å². The fourth-order valence-corrected chi connectivity index (χ4v) is 4.72. The predicted molar refractivity (Wildman–Crippen MR) is 146 cm³/mol. The van der Waals surface area contributed by atoms with Gasteiger partial charge in [0.1, 0.15) is 0 Å². The van der Waals surface area contributed by atoms with Crippen LogP contribution in [0.1, 0.15) is 22.3 Å². The van der Waals surface area contributed by atoms with E-state index in [1.807, 2.05) is 0 Å². The second-order valence-corrected chi connectivity index (χ2v) is 8.86. The lowest BCUT2D eigenvalue weighted by molar-refractivity contribution is 1.17. The number of anilines is 2. The van der Waals surface area contributed by atoms with Crippen LogP contribution in [0.3, 0.4) is 0 Å². The quantitative estimate of drug-likeness (QED) is 0.278.